The zero-order chi connectivity index (χ0) is 16.0. The largest absolute Gasteiger partial charge is 0.394 e. The number of aliphatic hydroxyl groups excluding tert-OH is 1. The van der Waals surface area contributed by atoms with Gasteiger partial charge in [0, 0.05) is 44.3 Å². The van der Waals surface area contributed by atoms with E-state index in [1.165, 1.54) is 11.3 Å². The van der Waals surface area contributed by atoms with E-state index in [1.807, 2.05) is 17.0 Å². The van der Waals surface area contributed by atoms with Gasteiger partial charge in [0.2, 0.25) is 5.91 Å². The van der Waals surface area contributed by atoms with Crippen LogP contribution in [0.1, 0.15) is 24.3 Å². The summed E-state index contributed by atoms with van der Waals surface area (Å²) in [6.45, 7) is 2.22. The minimum Gasteiger partial charge on any atom is -0.394 e. The van der Waals surface area contributed by atoms with Gasteiger partial charge < -0.3 is 19.6 Å². The fraction of sp³-hybridized carbons (Fsp3) is 0.611. The minimum atomic E-state index is -0.0785. The van der Waals surface area contributed by atoms with Crippen molar-refractivity contribution in [2.75, 3.05) is 38.3 Å². The minimum absolute atomic E-state index is 0.0359. The van der Waals surface area contributed by atoms with Crippen molar-refractivity contribution in [2.24, 2.45) is 5.92 Å². The van der Waals surface area contributed by atoms with Crippen LogP contribution in [0.3, 0.4) is 0 Å². The molecule has 0 aliphatic carbocycles. The predicted octanol–water partition coefficient (Wildman–Crippen LogP) is 1.22. The molecule has 124 valence electrons. The van der Waals surface area contributed by atoms with E-state index < -0.39 is 0 Å². The number of benzene rings is 1. The molecular weight excluding hydrogens is 292 g/mol. The molecule has 5 heteroatoms. The number of carbonyl (C=O) groups excluding carboxylic acids is 1. The molecule has 5 nitrogen and oxygen atoms in total. The highest BCUT2D eigenvalue weighted by Gasteiger charge is 2.54. The second-order valence-electron chi connectivity index (χ2n) is 6.91. The zero-order valence-corrected chi connectivity index (χ0v) is 13.5. The topological polar surface area (TPSA) is 53.0 Å². The number of hydrogen-bond acceptors (Lipinski definition) is 4. The van der Waals surface area contributed by atoms with Gasteiger partial charge in [-0.2, -0.15) is 0 Å². The molecule has 2 saturated heterocycles. The molecule has 0 unspecified atom stereocenters. The van der Waals surface area contributed by atoms with Gasteiger partial charge >= 0.3 is 0 Å². The number of likely N-dealkylation sites (tertiary alicyclic amines) is 1. The van der Waals surface area contributed by atoms with Gasteiger partial charge in [0.25, 0.3) is 0 Å². The highest BCUT2D eigenvalue weighted by Crippen LogP contribution is 2.48. The van der Waals surface area contributed by atoms with Gasteiger partial charge in [-0.25, -0.2) is 0 Å². The summed E-state index contributed by atoms with van der Waals surface area (Å²) in [4.78, 5) is 17.2. The van der Waals surface area contributed by atoms with Crippen LogP contribution in [0.15, 0.2) is 24.3 Å². The van der Waals surface area contributed by atoms with E-state index in [2.05, 4.69) is 24.1 Å². The van der Waals surface area contributed by atoms with Gasteiger partial charge in [0.1, 0.15) is 0 Å². The lowest BCUT2D eigenvalue weighted by molar-refractivity contribution is -0.158. The average molecular weight is 316 g/mol. The highest BCUT2D eigenvalue weighted by molar-refractivity contribution is 5.82. The van der Waals surface area contributed by atoms with E-state index >= 15 is 0 Å². The van der Waals surface area contributed by atoms with Crippen LogP contribution in [0.2, 0.25) is 0 Å². The normalized spacial score (nSPS) is 30.4. The molecule has 3 aliphatic heterocycles. The Kier molecular flexibility index (Phi) is 3.77. The molecular formula is C18H24N2O3. The SMILES string of the molecule is CN1C[C@@H]2[C@H](c3ccccc31)[C@@H](CO)N2C(=O)C1CCOCC1. The molecule has 2 fully saturated rings. The molecule has 1 amide bonds. The number of anilines is 1. The summed E-state index contributed by atoms with van der Waals surface area (Å²) in [5.41, 5.74) is 2.49. The van der Waals surface area contributed by atoms with E-state index in [0.29, 0.717) is 13.2 Å². The van der Waals surface area contributed by atoms with E-state index in [1.54, 1.807) is 0 Å². The zero-order valence-electron chi connectivity index (χ0n) is 13.5. The number of aliphatic hydroxyl groups is 1. The first kappa shape index (κ1) is 15.0. The number of nitrogens with zero attached hydrogens (tertiary/aromatic N) is 2. The van der Waals surface area contributed by atoms with Crippen LogP contribution in [0, 0.1) is 5.92 Å². The Morgan fingerprint density at radius 2 is 2.04 bits per heavy atom. The van der Waals surface area contributed by atoms with Gasteiger partial charge in [0.15, 0.2) is 0 Å². The average Bonchev–Trinajstić information content (AvgIpc) is 2.58. The number of para-hydroxylation sites is 1. The Balaban J connectivity index is 1.61. The summed E-state index contributed by atoms with van der Waals surface area (Å²) in [5, 5.41) is 9.90. The van der Waals surface area contributed by atoms with Crippen molar-refractivity contribution >= 4 is 11.6 Å². The van der Waals surface area contributed by atoms with Crippen molar-refractivity contribution in [1.29, 1.82) is 0 Å². The standard InChI is InChI=1S/C18H24N2O3/c1-19-10-15-17(13-4-2-3-5-14(13)19)16(11-21)20(15)18(22)12-6-8-23-9-7-12/h2-5,12,15-17,21H,6-11H2,1H3/t15-,16-,17+/m1/s1. The second-order valence-corrected chi connectivity index (χ2v) is 6.91. The molecule has 0 radical (unpaired) electrons. The number of ether oxygens (including phenoxy) is 1. The summed E-state index contributed by atoms with van der Waals surface area (Å²) in [5.74, 6) is 0.527. The monoisotopic (exact) mass is 316 g/mol. The number of carbonyl (C=O) groups is 1. The maximum absolute atomic E-state index is 13.0. The summed E-state index contributed by atoms with van der Waals surface area (Å²) in [6, 6.07) is 8.47. The van der Waals surface area contributed by atoms with E-state index in [9.17, 15) is 9.90 Å². The molecule has 1 N–H and O–H groups in total. The summed E-state index contributed by atoms with van der Waals surface area (Å²) in [6.07, 6.45) is 1.61. The third-order valence-corrected chi connectivity index (χ3v) is 5.72. The first-order valence-corrected chi connectivity index (χ1v) is 8.53. The quantitative estimate of drug-likeness (QED) is 0.891. The molecule has 0 bridgehead atoms. The van der Waals surface area contributed by atoms with Crippen molar-refractivity contribution in [3.8, 4) is 0 Å². The third kappa shape index (κ3) is 2.25. The third-order valence-electron chi connectivity index (χ3n) is 5.72. The lowest BCUT2D eigenvalue weighted by Crippen LogP contribution is -2.71. The van der Waals surface area contributed by atoms with Crippen LogP contribution < -0.4 is 4.90 Å². The summed E-state index contributed by atoms with van der Waals surface area (Å²) >= 11 is 0. The van der Waals surface area contributed by atoms with Gasteiger partial charge in [-0.3, -0.25) is 4.79 Å². The summed E-state index contributed by atoms with van der Waals surface area (Å²) in [7, 11) is 2.08. The van der Waals surface area contributed by atoms with Crippen molar-refractivity contribution in [3.05, 3.63) is 29.8 Å². The van der Waals surface area contributed by atoms with E-state index in [-0.39, 0.29) is 36.4 Å². The summed E-state index contributed by atoms with van der Waals surface area (Å²) < 4.78 is 5.38. The van der Waals surface area contributed by atoms with Gasteiger partial charge in [-0.15, -0.1) is 0 Å². The van der Waals surface area contributed by atoms with Crippen molar-refractivity contribution < 1.29 is 14.6 Å². The molecule has 4 rings (SSSR count). The van der Waals surface area contributed by atoms with Crippen molar-refractivity contribution in [2.45, 2.75) is 30.8 Å². The van der Waals surface area contributed by atoms with Crippen LogP contribution in [-0.2, 0) is 9.53 Å². The van der Waals surface area contributed by atoms with Crippen LogP contribution in [0.25, 0.3) is 0 Å². The molecule has 3 aliphatic rings. The Morgan fingerprint density at radius 1 is 1.30 bits per heavy atom. The number of amides is 1. The fourth-order valence-electron chi connectivity index (χ4n) is 4.54. The number of fused-ring (bicyclic) bond motifs is 3. The molecule has 23 heavy (non-hydrogen) atoms. The molecule has 1 aromatic carbocycles. The van der Waals surface area contributed by atoms with E-state index in [0.717, 1.165) is 19.4 Å². The Morgan fingerprint density at radius 3 is 2.78 bits per heavy atom. The molecule has 1 aromatic rings. The first-order valence-electron chi connectivity index (χ1n) is 8.53. The van der Waals surface area contributed by atoms with Gasteiger partial charge in [-0.1, -0.05) is 18.2 Å². The maximum atomic E-state index is 13.0. The Hall–Kier alpha value is -1.59. The van der Waals surface area contributed by atoms with E-state index in [4.69, 9.17) is 4.74 Å². The first-order chi connectivity index (χ1) is 11.2. The Labute approximate surface area is 136 Å². The Bertz CT molecular complexity index is 600. The van der Waals surface area contributed by atoms with Gasteiger partial charge in [0.05, 0.1) is 18.7 Å². The number of hydrogen-bond donors (Lipinski definition) is 1. The molecule has 0 spiro atoms. The van der Waals surface area contributed by atoms with Crippen LogP contribution in [0.5, 0.6) is 0 Å². The molecule has 3 heterocycles. The number of likely N-dealkylation sites (N-methyl/N-ethyl adjacent to an activating group) is 1. The number of rotatable bonds is 2. The smallest absolute Gasteiger partial charge is 0.226 e. The molecule has 0 aromatic heterocycles. The predicted molar refractivity (Wildman–Crippen MR) is 87.5 cm³/mol. The molecule has 3 atom stereocenters. The second kappa shape index (κ2) is 5.80. The maximum Gasteiger partial charge on any atom is 0.226 e. The van der Waals surface area contributed by atoms with Crippen LogP contribution in [-0.4, -0.2) is 61.4 Å². The van der Waals surface area contributed by atoms with Crippen LogP contribution >= 0.6 is 0 Å². The van der Waals surface area contributed by atoms with Crippen LogP contribution in [0.4, 0.5) is 5.69 Å². The fourth-order valence-corrected chi connectivity index (χ4v) is 4.54. The van der Waals surface area contributed by atoms with Crippen molar-refractivity contribution in [1.82, 2.24) is 4.90 Å². The highest BCUT2D eigenvalue weighted by atomic mass is 16.5. The van der Waals surface area contributed by atoms with Gasteiger partial charge in [-0.05, 0) is 24.5 Å². The lowest BCUT2D eigenvalue weighted by atomic mass is 9.71. The van der Waals surface area contributed by atoms with Crippen molar-refractivity contribution in [3.63, 3.8) is 0 Å². The molecule has 0 saturated carbocycles. The lowest BCUT2D eigenvalue weighted by Gasteiger charge is -2.59.